The zero-order chi connectivity index (χ0) is 18.5. The molecule has 2 aromatic rings. The monoisotopic (exact) mass is 354 g/mol. The summed E-state index contributed by atoms with van der Waals surface area (Å²) in [4.78, 5) is 30.7. The third kappa shape index (κ3) is 4.31. The third-order valence-electron chi connectivity index (χ3n) is 3.72. The van der Waals surface area contributed by atoms with Gasteiger partial charge in [0.05, 0.1) is 9.85 Å². The Hall–Kier alpha value is -3.52. The summed E-state index contributed by atoms with van der Waals surface area (Å²) in [6.45, 7) is 0.286. The van der Waals surface area contributed by atoms with Crippen LogP contribution in [0.5, 0.6) is 0 Å². The van der Waals surface area contributed by atoms with Gasteiger partial charge in [-0.2, -0.15) is 4.89 Å². The Kier molecular flexibility index (Phi) is 5.04. The van der Waals surface area contributed by atoms with Crippen LogP contribution in [0.2, 0.25) is 0 Å². The van der Waals surface area contributed by atoms with E-state index in [1.165, 1.54) is 24.3 Å². The lowest BCUT2D eigenvalue weighted by atomic mass is 10.1. The molecule has 1 saturated heterocycles. The Morgan fingerprint density at radius 3 is 1.81 bits per heavy atom. The maximum atomic E-state index is 10.7. The summed E-state index contributed by atoms with van der Waals surface area (Å²) in [6, 6.07) is 12.3. The molecule has 0 radical (unpaired) electrons. The molecule has 0 bridgehead atoms. The predicted octanol–water partition coefficient (Wildman–Crippen LogP) is 4.28. The van der Waals surface area contributed by atoms with E-state index < -0.39 is 9.85 Å². The molecule has 1 heterocycles. The summed E-state index contributed by atoms with van der Waals surface area (Å²) in [5, 5.41) is 21.4. The number of allylic oxidation sites excluding steroid dienone is 1. The van der Waals surface area contributed by atoms with Crippen molar-refractivity contribution in [1.29, 1.82) is 0 Å². The number of nitro groups is 2. The van der Waals surface area contributed by atoms with Crippen molar-refractivity contribution in [3.63, 3.8) is 0 Å². The van der Waals surface area contributed by atoms with Gasteiger partial charge in [-0.25, -0.2) is 0 Å². The van der Waals surface area contributed by atoms with E-state index in [0.717, 1.165) is 16.7 Å². The van der Waals surface area contributed by atoms with Crippen LogP contribution < -0.4 is 0 Å². The van der Waals surface area contributed by atoms with Crippen molar-refractivity contribution >= 4 is 23.5 Å². The molecule has 0 saturated carbocycles. The molecule has 0 unspecified atom stereocenters. The van der Waals surface area contributed by atoms with Crippen LogP contribution in [0.15, 0.2) is 59.9 Å². The first-order valence-electron chi connectivity index (χ1n) is 7.70. The molecule has 8 nitrogen and oxygen atoms in total. The standard InChI is InChI=1S/C18H14N2O6/c21-19(22)16-5-1-13(2-6-16)9-15-11-18(26-25-12-15)10-14-3-7-17(8-4-14)20(23)24/h1-10H,11-12H2. The summed E-state index contributed by atoms with van der Waals surface area (Å²) < 4.78 is 0. The van der Waals surface area contributed by atoms with Gasteiger partial charge in [0.25, 0.3) is 11.4 Å². The van der Waals surface area contributed by atoms with E-state index in [2.05, 4.69) is 0 Å². The first-order valence-corrected chi connectivity index (χ1v) is 7.70. The summed E-state index contributed by atoms with van der Waals surface area (Å²) >= 11 is 0. The molecule has 0 N–H and O–H groups in total. The summed E-state index contributed by atoms with van der Waals surface area (Å²) in [6.07, 6.45) is 4.14. The van der Waals surface area contributed by atoms with Gasteiger partial charge in [-0.05, 0) is 47.0 Å². The van der Waals surface area contributed by atoms with E-state index in [9.17, 15) is 20.2 Å². The molecule has 26 heavy (non-hydrogen) atoms. The number of hydrogen-bond acceptors (Lipinski definition) is 6. The fraction of sp³-hybridized carbons (Fsp3) is 0.111. The van der Waals surface area contributed by atoms with E-state index in [4.69, 9.17) is 9.78 Å². The lowest BCUT2D eigenvalue weighted by Gasteiger charge is -2.17. The van der Waals surface area contributed by atoms with Crippen LogP contribution >= 0.6 is 0 Å². The van der Waals surface area contributed by atoms with Crippen molar-refractivity contribution in [2.75, 3.05) is 6.61 Å². The van der Waals surface area contributed by atoms with E-state index >= 15 is 0 Å². The van der Waals surface area contributed by atoms with Gasteiger partial charge in [0.1, 0.15) is 12.4 Å². The Morgan fingerprint density at radius 1 is 0.808 bits per heavy atom. The van der Waals surface area contributed by atoms with Gasteiger partial charge in [-0.1, -0.05) is 6.08 Å². The highest BCUT2D eigenvalue weighted by molar-refractivity contribution is 5.58. The Labute approximate surface area is 148 Å². The van der Waals surface area contributed by atoms with Crippen molar-refractivity contribution < 1.29 is 19.6 Å². The molecule has 132 valence electrons. The van der Waals surface area contributed by atoms with Gasteiger partial charge >= 0.3 is 0 Å². The van der Waals surface area contributed by atoms with Gasteiger partial charge in [0, 0.05) is 30.7 Å². The molecule has 1 fully saturated rings. The van der Waals surface area contributed by atoms with E-state index in [-0.39, 0.29) is 18.0 Å². The number of hydrogen-bond donors (Lipinski definition) is 0. The second-order valence-electron chi connectivity index (χ2n) is 5.63. The minimum atomic E-state index is -0.456. The van der Waals surface area contributed by atoms with Gasteiger partial charge in [-0.15, -0.1) is 0 Å². The van der Waals surface area contributed by atoms with Crippen molar-refractivity contribution in [3.05, 3.63) is 91.2 Å². The third-order valence-corrected chi connectivity index (χ3v) is 3.72. The average Bonchev–Trinajstić information content (AvgIpc) is 2.63. The zero-order valence-electron chi connectivity index (χ0n) is 13.5. The van der Waals surface area contributed by atoms with Gasteiger partial charge < -0.3 is 4.89 Å². The molecule has 8 heteroatoms. The summed E-state index contributed by atoms with van der Waals surface area (Å²) in [5.74, 6) is 0.568. The number of nitrogens with zero attached hydrogens (tertiary/aromatic N) is 2. The first-order chi connectivity index (χ1) is 12.5. The second-order valence-corrected chi connectivity index (χ2v) is 5.63. The normalized spacial score (nSPS) is 17.1. The maximum Gasteiger partial charge on any atom is 0.269 e. The molecular weight excluding hydrogens is 340 g/mol. The highest BCUT2D eigenvalue weighted by Gasteiger charge is 2.14. The molecule has 0 amide bonds. The molecule has 2 aromatic carbocycles. The number of non-ortho nitro benzene ring substituents is 2. The molecule has 3 rings (SSSR count). The predicted molar refractivity (Wildman–Crippen MR) is 93.8 cm³/mol. The van der Waals surface area contributed by atoms with Crippen LogP contribution in [0.1, 0.15) is 17.5 Å². The minimum Gasteiger partial charge on any atom is -0.341 e. The highest BCUT2D eigenvalue weighted by atomic mass is 17.2. The quantitative estimate of drug-likeness (QED) is 0.461. The van der Waals surface area contributed by atoms with Crippen LogP contribution in [0, 0.1) is 20.2 Å². The topological polar surface area (TPSA) is 105 Å². The molecular formula is C18H14N2O6. The lowest BCUT2D eigenvalue weighted by molar-refractivity contribution is -0.385. The smallest absolute Gasteiger partial charge is 0.269 e. The zero-order valence-corrected chi connectivity index (χ0v) is 13.5. The molecule has 1 aliphatic heterocycles. The summed E-state index contributed by atoms with van der Waals surface area (Å²) in [7, 11) is 0. The number of benzene rings is 2. The SMILES string of the molecule is O=[N+]([O-])c1ccc(C=C2COOC(=Cc3ccc([N+](=O)[O-])cc3)C2)cc1. The van der Waals surface area contributed by atoms with E-state index in [1.54, 1.807) is 30.3 Å². The molecule has 0 spiro atoms. The van der Waals surface area contributed by atoms with Crippen LogP contribution in [0.3, 0.4) is 0 Å². The van der Waals surface area contributed by atoms with Crippen LogP contribution in [0.4, 0.5) is 11.4 Å². The van der Waals surface area contributed by atoms with Crippen LogP contribution in [0.25, 0.3) is 12.2 Å². The van der Waals surface area contributed by atoms with Crippen molar-refractivity contribution in [1.82, 2.24) is 0 Å². The highest BCUT2D eigenvalue weighted by Crippen LogP contribution is 2.25. The number of rotatable bonds is 4. The minimum absolute atomic E-state index is 0.0201. The largest absolute Gasteiger partial charge is 0.341 e. The fourth-order valence-electron chi connectivity index (χ4n) is 2.46. The maximum absolute atomic E-state index is 10.7. The summed E-state index contributed by atoms with van der Waals surface area (Å²) in [5.41, 5.74) is 2.58. The van der Waals surface area contributed by atoms with Crippen molar-refractivity contribution in [2.45, 2.75) is 6.42 Å². The van der Waals surface area contributed by atoms with Crippen LogP contribution in [-0.4, -0.2) is 16.5 Å². The van der Waals surface area contributed by atoms with Gasteiger partial charge in [0.2, 0.25) is 0 Å². The molecule has 0 aliphatic carbocycles. The van der Waals surface area contributed by atoms with Gasteiger partial charge in [0.15, 0.2) is 0 Å². The van der Waals surface area contributed by atoms with Crippen molar-refractivity contribution in [3.8, 4) is 0 Å². The first kappa shape index (κ1) is 17.3. The van der Waals surface area contributed by atoms with E-state index in [1.807, 2.05) is 6.08 Å². The Balaban J connectivity index is 1.73. The fourth-order valence-corrected chi connectivity index (χ4v) is 2.46. The Bertz CT molecular complexity index is 811. The molecule has 0 atom stereocenters. The van der Waals surface area contributed by atoms with Crippen LogP contribution in [-0.2, 0) is 9.78 Å². The number of nitro benzene ring substituents is 2. The molecule has 1 aliphatic rings. The lowest BCUT2D eigenvalue weighted by Crippen LogP contribution is -2.09. The molecule has 0 aromatic heterocycles. The second kappa shape index (κ2) is 7.58. The van der Waals surface area contributed by atoms with E-state index in [0.29, 0.717) is 12.2 Å². The average molecular weight is 354 g/mol. The van der Waals surface area contributed by atoms with Gasteiger partial charge in [-0.3, -0.25) is 20.2 Å². The Morgan fingerprint density at radius 2 is 1.31 bits per heavy atom. The van der Waals surface area contributed by atoms with Crippen molar-refractivity contribution in [2.24, 2.45) is 0 Å².